The summed E-state index contributed by atoms with van der Waals surface area (Å²) >= 11 is 4.12. The predicted octanol–water partition coefficient (Wildman–Crippen LogP) is 16.2. The van der Waals surface area contributed by atoms with E-state index in [0.717, 1.165) is 22.4 Å². The van der Waals surface area contributed by atoms with Crippen molar-refractivity contribution in [3.63, 3.8) is 0 Å². The van der Waals surface area contributed by atoms with Crippen molar-refractivity contribution in [3.8, 4) is 67.2 Å². The monoisotopic (exact) mass is 2190 g/mol. The van der Waals surface area contributed by atoms with Gasteiger partial charge in [-0.15, -0.1) is 0 Å². The summed E-state index contributed by atoms with van der Waals surface area (Å²) in [7, 11) is 0. The van der Waals surface area contributed by atoms with Gasteiger partial charge in [-0.2, -0.15) is 0 Å². The van der Waals surface area contributed by atoms with Gasteiger partial charge in [0, 0.05) is 82.9 Å². The van der Waals surface area contributed by atoms with Crippen LogP contribution in [0.3, 0.4) is 0 Å². The molecule has 0 aliphatic rings. The van der Waals surface area contributed by atoms with Gasteiger partial charge in [0.1, 0.15) is 17.5 Å². The van der Waals surface area contributed by atoms with E-state index in [0.29, 0.717) is 110 Å². The molecular formula is C106H114CsF3I2N6O17. The molecule has 3 amide bonds. The summed E-state index contributed by atoms with van der Waals surface area (Å²) in [6.45, 7) is 10.8. The molecule has 0 saturated heterocycles. The molecule has 0 fully saturated rings. The molecule has 6 atom stereocenters. The molecule has 9 aromatic carbocycles. The number of aliphatic carboxylic acids is 1. The van der Waals surface area contributed by atoms with Crippen LogP contribution in [0.4, 0.5) is 30.2 Å². The first kappa shape index (κ1) is 110. The van der Waals surface area contributed by atoms with Crippen LogP contribution in [-0.2, 0) is 53.1 Å². The van der Waals surface area contributed by atoms with Crippen LogP contribution < -0.4 is 90.0 Å². The van der Waals surface area contributed by atoms with Crippen LogP contribution in [0, 0.1) is 17.5 Å². The molecule has 0 aliphatic heterocycles. The number of hydrogen-bond acceptors (Lipinski definition) is 17. The van der Waals surface area contributed by atoms with Gasteiger partial charge in [-0.1, -0.05) is 240 Å². The van der Waals surface area contributed by atoms with Crippen LogP contribution in [0.15, 0.2) is 255 Å². The molecule has 706 valence electrons. The molecule has 0 unspecified atom stereocenters. The van der Waals surface area contributed by atoms with E-state index < -0.39 is 110 Å². The summed E-state index contributed by atoms with van der Waals surface area (Å²) in [5.74, 6) is -6.62. The van der Waals surface area contributed by atoms with Gasteiger partial charge in [0.25, 0.3) is 17.7 Å². The van der Waals surface area contributed by atoms with E-state index in [9.17, 15) is 87.3 Å². The Kier molecular flexibility index (Phi) is 44.8. The van der Waals surface area contributed by atoms with Crippen LogP contribution in [0.2, 0.25) is 0 Å². The van der Waals surface area contributed by atoms with Crippen LogP contribution in [0.1, 0.15) is 173 Å². The van der Waals surface area contributed by atoms with E-state index in [1.54, 1.807) is 72.8 Å². The number of halogens is 5. The number of carbonyl (C=O) groups excluding carboxylic acids is 8. The van der Waals surface area contributed by atoms with Crippen molar-refractivity contribution in [1.29, 1.82) is 0 Å². The number of hydrogen-bond donors (Lipinski definition) is 9. The normalized spacial score (nSPS) is 12.4. The number of carboxylic acid groups (broad SMARTS) is 1. The third-order valence-electron chi connectivity index (χ3n) is 21.9. The van der Waals surface area contributed by atoms with Gasteiger partial charge in [-0.3, -0.25) is 33.6 Å². The Hall–Kier alpha value is -9.96. The molecule has 12 aromatic rings. The molecule has 0 radical (unpaired) electrons. The summed E-state index contributed by atoms with van der Waals surface area (Å²) in [6.07, 6.45) is -9.34. The first-order valence-electron chi connectivity index (χ1n) is 43.9. The number of para-hydroxylation sites is 3. The number of benzene rings is 9. The molecule has 0 saturated carbocycles. The molecule has 29 heteroatoms. The van der Waals surface area contributed by atoms with Crippen LogP contribution in [-0.4, -0.2) is 150 Å². The standard InChI is InChI=1S/C69H72F2N4O11.C33H35FN2O5.C3H4I2O.CH4.Cs/c1-43(2)64-62(68(83)72-51-21-13-7-14-22-51)60(45-17-9-5-10-18-45)66(47-25-29-49(70)30-26-47)74(64)35-33-53(76)37-55(78)39-58(81)85-41-57(80)42-86-59(82)40-56(79)38-54(77)34-36-75-65(44(3)4)63(69(84)73-52-23-15-8-16-24-52)61(46-19-11-6-12-20-46)67(75)48-27-31-50(71)32-28-48;1-21(2)31-30(33(41)35-25-11-7-4-8-12-25)29(22-9-5-3-6-10-22)32(23-13-15-24(34)16-14-23)36(31)18-17-26(37)19-27(38)20-28(39)40;4-1-3(6)2-5;;/h5-32,43-44,53-56,76-79H,33-42H2,1-4H3,(H,72,83)(H,73,84);3-16,21,26-27,37-38H,17-20H2,1-2H3,(H,35,41)(H,39,40);1-2H2;1H4;/q;;;;+1/p-1/t53-,54-,55-,56-;26-,27-;;;/m11.../s1. The second-order valence-corrected chi connectivity index (χ2v) is 34.6. The maximum Gasteiger partial charge on any atom is 1.00 e. The number of anilines is 3. The van der Waals surface area contributed by atoms with E-state index in [1.807, 2.05) is 201 Å². The number of carbonyl (C=O) groups is 8. The number of aliphatic hydroxyl groups excluding tert-OH is 6. The van der Waals surface area contributed by atoms with Gasteiger partial charge in [-0.25, -0.2) is 13.2 Å². The fourth-order valence-corrected chi connectivity index (χ4v) is 17.7. The Balaban J connectivity index is 0.000000379. The zero-order valence-corrected chi connectivity index (χ0v) is 86.3. The molecule has 12 rings (SSSR count). The van der Waals surface area contributed by atoms with Crippen LogP contribution >= 0.6 is 45.2 Å². The molecular weight excluding hydrogens is 2070 g/mol. The van der Waals surface area contributed by atoms with Crippen molar-refractivity contribution in [1.82, 2.24) is 13.7 Å². The van der Waals surface area contributed by atoms with E-state index in [2.05, 4.69) is 61.1 Å². The minimum absolute atomic E-state index is 0. The van der Waals surface area contributed by atoms with Gasteiger partial charge in [0.05, 0.1) is 92.1 Å². The van der Waals surface area contributed by atoms with Crippen molar-refractivity contribution < 1.29 is 166 Å². The van der Waals surface area contributed by atoms with Crippen LogP contribution in [0.25, 0.3) is 67.2 Å². The van der Waals surface area contributed by atoms with Crippen molar-refractivity contribution in [2.24, 2.45) is 0 Å². The average molecular weight is 2190 g/mol. The zero-order chi connectivity index (χ0) is 96.0. The maximum atomic E-state index is 14.4. The van der Waals surface area contributed by atoms with Gasteiger partial charge < -0.3 is 79.7 Å². The fourth-order valence-electron chi connectivity index (χ4n) is 16.1. The molecule has 9 N–H and O–H groups in total. The average Bonchev–Trinajstić information content (AvgIpc) is 1.60. The summed E-state index contributed by atoms with van der Waals surface area (Å²) in [5, 5.41) is 85.1. The van der Waals surface area contributed by atoms with Crippen molar-refractivity contribution in [3.05, 3.63) is 306 Å². The Morgan fingerprint density at radius 3 is 0.800 bits per heavy atom. The van der Waals surface area contributed by atoms with Gasteiger partial charge >= 0.3 is 80.8 Å². The minimum atomic E-state index is -1.39. The number of esters is 2. The number of aliphatic hydroxyl groups is 6. The van der Waals surface area contributed by atoms with Crippen LogP contribution in [0.5, 0.6) is 0 Å². The van der Waals surface area contributed by atoms with E-state index in [4.69, 9.17) is 9.47 Å². The summed E-state index contributed by atoms with van der Waals surface area (Å²) < 4.78 is 60.1. The summed E-state index contributed by atoms with van der Waals surface area (Å²) in [5.41, 5.74) is 13.3. The predicted molar refractivity (Wildman–Crippen MR) is 530 cm³/mol. The number of alkyl halides is 2. The zero-order valence-electron chi connectivity index (χ0n) is 75.7. The number of Topliss-reactive ketones (excluding diaryl/α,β-unsaturated/α-hetero) is 2. The number of rotatable bonds is 42. The molecule has 0 bridgehead atoms. The minimum Gasteiger partial charge on any atom is -0.550 e. The largest absolute Gasteiger partial charge is 1.00 e. The van der Waals surface area contributed by atoms with Gasteiger partial charge in [0.15, 0.2) is 19.0 Å². The number of amides is 3. The third-order valence-corrected chi connectivity index (χ3v) is 23.6. The molecule has 0 spiro atoms. The number of ketones is 2. The quantitative estimate of drug-likeness (QED) is 0.00975. The summed E-state index contributed by atoms with van der Waals surface area (Å²) in [6, 6.07) is 73.4. The van der Waals surface area contributed by atoms with Crippen molar-refractivity contribution in [2.75, 3.05) is 38.0 Å². The number of aromatic nitrogens is 3. The van der Waals surface area contributed by atoms with E-state index in [1.165, 1.54) is 36.4 Å². The topological polar surface area (TPSA) is 350 Å². The smallest absolute Gasteiger partial charge is 0.550 e. The fraction of sp³-hybridized carbons (Fsp3) is 0.302. The molecule has 0 aliphatic carbocycles. The SMILES string of the molecule is C.CC(C)c1c(C(=O)Nc2ccccc2)c(-c2ccccc2)c(-c2ccc(F)cc2)n1CC[C@@H](O)C[C@@H](O)CC(=O)OCC(=O)COC(=O)C[C@H](O)C[C@H](O)CCn1c(-c2ccc(F)cc2)c(-c2ccccc2)c(C(=O)Nc2ccccc2)c1C(C)C.CC(C)c1c(C(=O)Nc2ccccc2)c(-c2ccccc2)c(-c2ccc(F)cc2)n1CC[C@@H](O)C[C@@H](O)CC(=O)[O-].O=C(CI)CI.[Cs+]. The Labute approximate surface area is 871 Å². The van der Waals surface area contributed by atoms with Crippen molar-refractivity contribution in [2.45, 2.75) is 181 Å². The first-order valence-corrected chi connectivity index (χ1v) is 46.9. The number of ether oxygens (including phenoxy) is 2. The number of nitrogens with zero attached hydrogens (tertiary/aromatic N) is 3. The molecule has 3 heterocycles. The number of nitrogens with one attached hydrogen (secondary N) is 3. The third kappa shape index (κ3) is 31.8. The Morgan fingerprint density at radius 1 is 0.341 bits per heavy atom. The Bertz CT molecular complexity index is 5620. The van der Waals surface area contributed by atoms with Gasteiger partial charge in [-0.05, 0) is 199 Å². The molecule has 135 heavy (non-hydrogen) atoms. The van der Waals surface area contributed by atoms with Gasteiger partial charge in [0.2, 0.25) is 5.78 Å². The molecule has 23 nitrogen and oxygen atoms in total. The maximum absolute atomic E-state index is 14.4. The Morgan fingerprint density at radius 2 is 0.578 bits per heavy atom. The second-order valence-electron chi connectivity index (χ2n) is 33.1. The summed E-state index contributed by atoms with van der Waals surface area (Å²) in [4.78, 5) is 102. The molecule has 3 aromatic heterocycles. The second kappa shape index (κ2) is 54.8. The van der Waals surface area contributed by atoms with E-state index >= 15 is 0 Å². The van der Waals surface area contributed by atoms with E-state index in [-0.39, 0.29) is 170 Å². The van der Waals surface area contributed by atoms with Crippen molar-refractivity contribution >= 4 is 109 Å². The first-order chi connectivity index (χ1) is 63.8. The number of carboxylic acids is 1.